The van der Waals surface area contributed by atoms with Crippen molar-refractivity contribution in [2.75, 3.05) is 18.6 Å². The molecule has 0 aromatic heterocycles. The number of rotatable bonds is 5. The molecule has 0 bridgehead atoms. The largest absolute Gasteiger partial charge is 0.313 e. The highest BCUT2D eigenvalue weighted by molar-refractivity contribution is 7.98. The molecular weight excluding hydrogens is 178 g/mol. The van der Waals surface area contributed by atoms with Crippen LogP contribution in [-0.2, 0) is 0 Å². The fraction of sp³-hybridized carbons (Fsp3) is 1.00. The van der Waals surface area contributed by atoms with Crippen LogP contribution < -0.4 is 5.32 Å². The summed E-state index contributed by atoms with van der Waals surface area (Å²) in [5.74, 6) is 2.25. The Morgan fingerprint density at radius 1 is 1.31 bits per heavy atom. The summed E-state index contributed by atoms with van der Waals surface area (Å²) in [6, 6.07) is 0.778. The zero-order valence-electron chi connectivity index (χ0n) is 9.01. The third-order valence-corrected chi connectivity index (χ3v) is 3.72. The second-order valence-corrected chi connectivity index (χ2v) is 4.93. The van der Waals surface area contributed by atoms with Gasteiger partial charge in [0.1, 0.15) is 0 Å². The number of hydrogen-bond acceptors (Lipinski definition) is 2. The Kier molecular flexibility index (Phi) is 5.88. The van der Waals surface area contributed by atoms with Gasteiger partial charge >= 0.3 is 0 Å². The smallest absolute Gasteiger partial charge is 0.0186 e. The van der Waals surface area contributed by atoms with Crippen molar-refractivity contribution in [1.82, 2.24) is 5.32 Å². The molecule has 1 fully saturated rings. The molecule has 13 heavy (non-hydrogen) atoms. The first-order valence-electron chi connectivity index (χ1n) is 5.60. The first kappa shape index (κ1) is 11.4. The lowest BCUT2D eigenvalue weighted by molar-refractivity contribution is 0.288. The lowest BCUT2D eigenvalue weighted by atomic mass is 9.84. The van der Waals surface area contributed by atoms with Gasteiger partial charge in [0.25, 0.3) is 0 Å². The first-order chi connectivity index (χ1) is 6.38. The van der Waals surface area contributed by atoms with Crippen molar-refractivity contribution < 1.29 is 0 Å². The Bertz CT molecular complexity index is 115. The molecule has 2 heteroatoms. The zero-order valence-corrected chi connectivity index (χ0v) is 9.83. The van der Waals surface area contributed by atoms with Crippen LogP contribution in [0.15, 0.2) is 0 Å². The summed E-state index contributed by atoms with van der Waals surface area (Å²) in [6.45, 7) is 3.35. The van der Waals surface area contributed by atoms with Gasteiger partial charge in [-0.05, 0) is 31.6 Å². The molecule has 0 aromatic carbocycles. The van der Waals surface area contributed by atoms with Gasteiger partial charge in [0, 0.05) is 11.8 Å². The maximum absolute atomic E-state index is 3.63. The molecule has 0 saturated heterocycles. The molecule has 78 valence electrons. The van der Waals surface area contributed by atoms with E-state index in [4.69, 9.17) is 0 Å². The first-order valence-corrected chi connectivity index (χ1v) is 7.00. The summed E-state index contributed by atoms with van der Waals surface area (Å²) in [7, 11) is 0. The van der Waals surface area contributed by atoms with Gasteiger partial charge < -0.3 is 5.32 Å². The van der Waals surface area contributed by atoms with E-state index in [0.717, 1.165) is 18.5 Å². The molecule has 1 N–H and O–H groups in total. The van der Waals surface area contributed by atoms with Crippen LogP contribution in [-0.4, -0.2) is 24.6 Å². The van der Waals surface area contributed by atoms with Crippen molar-refractivity contribution in [3.05, 3.63) is 0 Å². The second-order valence-electron chi connectivity index (χ2n) is 4.02. The molecule has 1 aliphatic carbocycles. The molecule has 0 aliphatic heterocycles. The molecule has 1 rings (SSSR count). The molecule has 1 saturated carbocycles. The average Bonchev–Trinajstić information content (AvgIpc) is 2.19. The molecule has 0 heterocycles. The molecule has 1 atom stereocenters. The van der Waals surface area contributed by atoms with Crippen LogP contribution in [0.3, 0.4) is 0 Å². The highest BCUT2D eigenvalue weighted by Crippen LogP contribution is 2.27. The summed E-state index contributed by atoms with van der Waals surface area (Å²) in [4.78, 5) is 0. The highest BCUT2D eigenvalue weighted by atomic mass is 32.2. The van der Waals surface area contributed by atoms with Gasteiger partial charge in [-0.3, -0.25) is 0 Å². The van der Waals surface area contributed by atoms with Crippen molar-refractivity contribution in [3.63, 3.8) is 0 Å². The summed E-state index contributed by atoms with van der Waals surface area (Å²) < 4.78 is 0. The minimum absolute atomic E-state index is 0.778. The monoisotopic (exact) mass is 201 g/mol. The van der Waals surface area contributed by atoms with E-state index in [1.807, 2.05) is 11.8 Å². The van der Waals surface area contributed by atoms with E-state index in [9.17, 15) is 0 Å². The number of hydrogen-bond donors (Lipinski definition) is 1. The van der Waals surface area contributed by atoms with E-state index in [0.29, 0.717) is 0 Å². The fourth-order valence-corrected chi connectivity index (χ4v) is 3.09. The van der Waals surface area contributed by atoms with E-state index in [1.54, 1.807) is 0 Å². The van der Waals surface area contributed by atoms with Gasteiger partial charge in [0.2, 0.25) is 0 Å². The van der Waals surface area contributed by atoms with Gasteiger partial charge in [0.05, 0.1) is 0 Å². The van der Waals surface area contributed by atoms with Crippen LogP contribution in [0.4, 0.5) is 0 Å². The average molecular weight is 201 g/mol. The maximum Gasteiger partial charge on any atom is 0.0186 e. The van der Waals surface area contributed by atoms with Crippen molar-refractivity contribution in [2.24, 2.45) is 5.92 Å². The van der Waals surface area contributed by atoms with Crippen LogP contribution >= 0.6 is 11.8 Å². The quantitative estimate of drug-likeness (QED) is 0.734. The highest BCUT2D eigenvalue weighted by Gasteiger charge is 2.21. The van der Waals surface area contributed by atoms with E-state index >= 15 is 0 Å². The van der Waals surface area contributed by atoms with E-state index in [-0.39, 0.29) is 0 Å². The summed E-state index contributed by atoms with van der Waals surface area (Å²) >= 11 is 1.98. The van der Waals surface area contributed by atoms with E-state index in [2.05, 4.69) is 18.5 Å². The molecular formula is C11H23NS. The third-order valence-electron chi connectivity index (χ3n) is 3.03. The predicted molar refractivity (Wildman–Crippen MR) is 62.4 cm³/mol. The molecule has 0 amide bonds. The summed E-state index contributed by atoms with van der Waals surface area (Å²) in [5.41, 5.74) is 0. The molecule has 0 spiro atoms. The Hall–Kier alpha value is 0.310. The third kappa shape index (κ3) is 3.90. The molecule has 1 unspecified atom stereocenters. The fourth-order valence-electron chi connectivity index (χ4n) is 2.34. The van der Waals surface area contributed by atoms with E-state index in [1.165, 1.54) is 37.9 Å². The Morgan fingerprint density at radius 2 is 2.00 bits per heavy atom. The SMILES string of the molecule is CCNC(CSC)C1CCCCC1. The molecule has 0 radical (unpaired) electrons. The van der Waals surface area contributed by atoms with Crippen LogP contribution in [0.1, 0.15) is 39.0 Å². The Morgan fingerprint density at radius 3 is 2.54 bits per heavy atom. The summed E-state index contributed by atoms with van der Waals surface area (Å²) in [6.07, 6.45) is 9.51. The van der Waals surface area contributed by atoms with Gasteiger partial charge in [-0.25, -0.2) is 0 Å². The summed E-state index contributed by atoms with van der Waals surface area (Å²) in [5, 5.41) is 3.63. The van der Waals surface area contributed by atoms with Gasteiger partial charge in [-0.2, -0.15) is 11.8 Å². The predicted octanol–water partition coefficient (Wildman–Crippen LogP) is 2.91. The minimum atomic E-state index is 0.778. The van der Waals surface area contributed by atoms with Crippen LogP contribution in [0, 0.1) is 5.92 Å². The molecule has 0 aromatic rings. The van der Waals surface area contributed by atoms with Gasteiger partial charge in [-0.1, -0.05) is 26.2 Å². The van der Waals surface area contributed by atoms with Crippen molar-refractivity contribution in [3.8, 4) is 0 Å². The van der Waals surface area contributed by atoms with Crippen LogP contribution in [0.2, 0.25) is 0 Å². The zero-order chi connectivity index (χ0) is 9.52. The second kappa shape index (κ2) is 6.72. The van der Waals surface area contributed by atoms with Crippen molar-refractivity contribution in [2.45, 2.75) is 45.1 Å². The maximum atomic E-state index is 3.63. The lowest BCUT2D eigenvalue weighted by Crippen LogP contribution is -2.39. The van der Waals surface area contributed by atoms with Crippen LogP contribution in [0.25, 0.3) is 0 Å². The number of nitrogens with one attached hydrogen (secondary N) is 1. The van der Waals surface area contributed by atoms with Gasteiger partial charge in [-0.15, -0.1) is 0 Å². The minimum Gasteiger partial charge on any atom is -0.313 e. The number of thioether (sulfide) groups is 1. The normalized spacial score (nSPS) is 21.7. The van der Waals surface area contributed by atoms with Crippen molar-refractivity contribution >= 4 is 11.8 Å². The topological polar surface area (TPSA) is 12.0 Å². The van der Waals surface area contributed by atoms with E-state index < -0.39 is 0 Å². The standard InChI is InChI=1S/C11H23NS/c1-3-12-11(9-13-2)10-7-5-4-6-8-10/h10-12H,3-9H2,1-2H3. The molecule has 1 nitrogen and oxygen atoms in total. The Balaban J connectivity index is 2.32. The lowest BCUT2D eigenvalue weighted by Gasteiger charge is -2.30. The molecule has 1 aliphatic rings. The van der Waals surface area contributed by atoms with Gasteiger partial charge in [0.15, 0.2) is 0 Å². The Labute approximate surface area is 87.1 Å². The van der Waals surface area contributed by atoms with Crippen molar-refractivity contribution in [1.29, 1.82) is 0 Å². The van der Waals surface area contributed by atoms with Crippen LogP contribution in [0.5, 0.6) is 0 Å².